The van der Waals surface area contributed by atoms with Gasteiger partial charge in [-0.15, -0.1) is 0 Å². The summed E-state index contributed by atoms with van der Waals surface area (Å²) in [4.78, 5) is 19.6. The van der Waals surface area contributed by atoms with E-state index in [-0.39, 0.29) is 11.1 Å². The molecule has 0 atom stereocenters. The highest BCUT2D eigenvalue weighted by molar-refractivity contribution is 6.32. The molecule has 0 unspecified atom stereocenters. The zero-order chi connectivity index (χ0) is 12.1. The fourth-order valence-corrected chi connectivity index (χ4v) is 2.00. The molecule has 0 saturated carbocycles. The highest BCUT2D eigenvalue weighted by atomic mass is 35.5. The van der Waals surface area contributed by atoms with Gasteiger partial charge in [0.15, 0.2) is 11.0 Å². The number of amides is 1. The summed E-state index contributed by atoms with van der Waals surface area (Å²) in [5.41, 5.74) is 1.20. The normalized spacial score (nSPS) is 15.2. The van der Waals surface area contributed by atoms with E-state index in [0.717, 1.165) is 12.8 Å². The first-order chi connectivity index (χ1) is 8.25. The molecule has 1 aromatic rings. The third-order valence-corrected chi connectivity index (χ3v) is 2.96. The molecule has 1 heterocycles. The van der Waals surface area contributed by atoms with Gasteiger partial charge in [0, 0.05) is 18.8 Å². The van der Waals surface area contributed by atoms with Gasteiger partial charge in [-0.25, -0.2) is 9.97 Å². The summed E-state index contributed by atoms with van der Waals surface area (Å²) in [5.74, 6) is 0.246. The van der Waals surface area contributed by atoms with Crippen LogP contribution < -0.4 is 5.32 Å². The fourth-order valence-electron chi connectivity index (χ4n) is 1.85. The molecule has 0 saturated heterocycles. The molecule has 1 aliphatic carbocycles. The topological polar surface area (TPSA) is 54.9 Å². The summed E-state index contributed by atoms with van der Waals surface area (Å²) in [6.45, 7) is 0. The van der Waals surface area contributed by atoms with Gasteiger partial charge in [-0.2, -0.15) is 0 Å². The molecule has 0 aromatic carbocycles. The van der Waals surface area contributed by atoms with Crippen LogP contribution >= 0.6 is 11.6 Å². The maximum atomic E-state index is 11.8. The first-order valence-electron chi connectivity index (χ1n) is 5.70. The Bertz CT molecular complexity index is 445. The Morgan fingerprint density at radius 1 is 1.35 bits per heavy atom. The number of carbonyl (C=O) groups is 1. The SMILES string of the molecule is O=C(CC1=CCCCC1)Nc1nccnc1Cl. The van der Waals surface area contributed by atoms with Crippen LogP contribution in [0.4, 0.5) is 5.82 Å². The van der Waals surface area contributed by atoms with Gasteiger partial charge < -0.3 is 5.32 Å². The van der Waals surface area contributed by atoms with E-state index < -0.39 is 0 Å². The molecule has 5 heteroatoms. The minimum absolute atomic E-state index is 0.0828. The first-order valence-corrected chi connectivity index (χ1v) is 6.08. The number of halogens is 1. The van der Waals surface area contributed by atoms with Crippen LogP contribution in [0.5, 0.6) is 0 Å². The Labute approximate surface area is 105 Å². The van der Waals surface area contributed by atoms with Crippen molar-refractivity contribution in [2.24, 2.45) is 0 Å². The number of nitrogens with one attached hydrogen (secondary N) is 1. The molecule has 0 aliphatic heterocycles. The van der Waals surface area contributed by atoms with Gasteiger partial charge in [0.25, 0.3) is 0 Å². The second-order valence-electron chi connectivity index (χ2n) is 4.03. The van der Waals surface area contributed by atoms with Gasteiger partial charge in [0.2, 0.25) is 5.91 Å². The van der Waals surface area contributed by atoms with Crippen molar-refractivity contribution in [2.45, 2.75) is 32.1 Å². The zero-order valence-electron chi connectivity index (χ0n) is 9.45. The van der Waals surface area contributed by atoms with E-state index in [1.54, 1.807) is 0 Å². The molecule has 4 nitrogen and oxygen atoms in total. The van der Waals surface area contributed by atoms with Gasteiger partial charge in [-0.05, 0) is 25.7 Å². The minimum atomic E-state index is -0.0828. The summed E-state index contributed by atoms with van der Waals surface area (Å²) >= 11 is 5.81. The molecule has 1 aliphatic rings. The van der Waals surface area contributed by atoms with Crippen molar-refractivity contribution in [3.63, 3.8) is 0 Å². The molecular formula is C12H14ClN3O. The second-order valence-corrected chi connectivity index (χ2v) is 4.39. The van der Waals surface area contributed by atoms with Crippen LogP contribution in [-0.2, 0) is 4.79 Å². The smallest absolute Gasteiger partial charge is 0.229 e. The van der Waals surface area contributed by atoms with Crippen molar-refractivity contribution in [2.75, 3.05) is 5.32 Å². The lowest BCUT2D eigenvalue weighted by atomic mass is 9.97. The first kappa shape index (κ1) is 12.0. The van der Waals surface area contributed by atoms with Crippen LogP contribution in [0.1, 0.15) is 32.1 Å². The van der Waals surface area contributed by atoms with Crippen LogP contribution in [0.15, 0.2) is 24.0 Å². The average Bonchev–Trinajstić information content (AvgIpc) is 2.33. The standard InChI is InChI=1S/C12H14ClN3O/c13-11-12(15-7-6-14-11)16-10(17)8-9-4-2-1-3-5-9/h4,6-7H,1-3,5,8H2,(H,15,16,17). The number of hydrogen-bond donors (Lipinski definition) is 1. The summed E-state index contributed by atoms with van der Waals surface area (Å²) in [6, 6.07) is 0. The largest absolute Gasteiger partial charge is 0.308 e. The van der Waals surface area contributed by atoms with Crippen molar-refractivity contribution in [3.05, 3.63) is 29.2 Å². The third-order valence-electron chi connectivity index (χ3n) is 2.68. The van der Waals surface area contributed by atoms with Crippen molar-refractivity contribution in [3.8, 4) is 0 Å². The number of aromatic nitrogens is 2. The summed E-state index contributed by atoms with van der Waals surface area (Å²) in [6.07, 6.45) is 10.1. The quantitative estimate of drug-likeness (QED) is 0.841. The maximum absolute atomic E-state index is 11.8. The third kappa shape index (κ3) is 3.53. The summed E-state index contributed by atoms with van der Waals surface area (Å²) in [7, 11) is 0. The van der Waals surface area contributed by atoms with Crippen LogP contribution in [-0.4, -0.2) is 15.9 Å². The van der Waals surface area contributed by atoms with E-state index in [1.807, 2.05) is 0 Å². The summed E-state index contributed by atoms with van der Waals surface area (Å²) in [5, 5.41) is 2.89. The van der Waals surface area contributed by atoms with Gasteiger partial charge in [-0.3, -0.25) is 4.79 Å². The van der Waals surface area contributed by atoms with Gasteiger partial charge in [0.1, 0.15) is 0 Å². The fraction of sp³-hybridized carbons (Fsp3) is 0.417. The molecule has 0 bridgehead atoms. The average molecular weight is 252 g/mol. The van der Waals surface area contributed by atoms with Crippen molar-refractivity contribution < 1.29 is 4.79 Å². The van der Waals surface area contributed by atoms with E-state index in [4.69, 9.17) is 11.6 Å². The van der Waals surface area contributed by atoms with E-state index in [2.05, 4.69) is 21.4 Å². The van der Waals surface area contributed by atoms with E-state index in [0.29, 0.717) is 12.2 Å². The van der Waals surface area contributed by atoms with Crippen molar-refractivity contribution >= 4 is 23.3 Å². The lowest BCUT2D eigenvalue weighted by molar-refractivity contribution is -0.115. The molecule has 1 amide bonds. The van der Waals surface area contributed by atoms with Gasteiger partial charge >= 0.3 is 0 Å². The highest BCUT2D eigenvalue weighted by Crippen LogP contribution is 2.21. The lowest BCUT2D eigenvalue weighted by Crippen LogP contribution is -2.14. The maximum Gasteiger partial charge on any atom is 0.229 e. The minimum Gasteiger partial charge on any atom is -0.308 e. The van der Waals surface area contributed by atoms with E-state index in [1.165, 1.54) is 30.8 Å². The van der Waals surface area contributed by atoms with Crippen molar-refractivity contribution in [1.29, 1.82) is 0 Å². The number of carbonyl (C=O) groups excluding carboxylic acids is 1. The van der Waals surface area contributed by atoms with Crippen molar-refractivity contribution in [1.82, 2.24) is 9.97 Å². The van der Waals surface area contributed by atoms with Crippen LogP contribution in [0.3, 0.4) is 0 Å². The molecular weight excluding hydrogens is 238 g/mol. The second kappa shape index (κ2) is 5.77. The Morgan fingerprint density at radius 2 is 2.18 bits per heavy atom. The molecule has 1 N–H and O–H groups in total. The molecule has 17 heavy (non-hydrogen) atoms. The molecule has 2 rings (SSSR count). The Kier molecular flexibility index (Phi) is 4.09. The lowest BCUT2D eigenvalue weighted by Gasteiger charge is -2.12. The molecule has 0 spiro atoms. The number of allylic oxidation sites excluding steroid dienone is 1. The number of rotatable bonds is 3. The van der Waals surface area contributed by atoms with Gasteiger partial charge in [-0.1, -0.05) is 23.3 Å². The molecule has 1 aromatic heterocycles. The monoisotopic (exact) mass is 251 g/mol. The number of hydrogen-bond acceptors (Lipinski definition) is 3. The predicted octanol–water partition coefficient (Wildman–Crippen LogP) is 2.96. The number of nitrogens with zero attached hydrogens (tertiary/aromatic N) is 2. The summed E-state index contributed by atoms with van der Waals surface area (Å²) < 4.78 is 0. The molecule has 0 fully saturated rings. The Morgan fingerprint density at radius 3 is 2.88 bits per heavy atom. The Hall–Kier alpha value is -1.42. The van der Waals surface area contributed by atoms with E-state index in [9.17, 15) is 4.79 Å². The molecule has 0 radical (unpaired) electrons. The van der Waals surface area contributed by atoms with Crippen LogP contribution in [0, 0.1) is 0 Å². The van der Waals surface area contributed by atoms with Gasteiger partial charge in [0.05, 0.1) is 0 Å². The molecule has 90 valence electrons. The Balaban J connectivity index is 1.93. The van der Waals surface area contributed by atoms with E-state index >= 15 is 0 Å². The van der Waals surface area contributed by atoms with Crippen LogP contribution in [0.2, 0.25) is 5.15 Å². The highest BCUT2D eigenvalue weighted by Gasteiger charge is 2.11. The van der Waals surface area contributed by atoms with Crippen LogP contribution in [0.25, 0.3) is 0 Å². The zero-order valence-corrected chi connectivity index (χ0v) is 10.2. The predicted molar refractivity (Wildman–Crippen MR) is 66.8 cm³/mol. The number of anilines is 1.